The smallest absolute Gasteiger partial charge is 0.269 e. The first-order valence-electron chi connectivity index (χ1n) is 6.64. The van der Waals surface area contributed by atoms with Crippen LogP contribution in [0.2, 0.25) is 0 Å². The van der Waals surface area contributed by atoms with Crippen LogP contribution in [-0.4, -0.2) is 21.9 Å². The molecule has 2 rings (SSSR count). The van der Waals surface area contributed by atoms with Gasteiger partial charge in [-0.25, -0.2) is 0 Å². The number of non-ortho nitro benzene ring substituents is 1. The minimum absolute atomic E-state index is 0.0156. The van der Waals surface area contributed by atoms with Gasteiger partial charge in [0.05, 0.1) is 17.0 Å². The van der Waals surface area contributed by atoms with Crippen LogP contribution in [0.5, 0.6) is 0 Å². The molecule has 0 atom stereocenters. The van der Waals surface area contributed by atoms with Crippen molar-refractivity contribution in [2.24, 2.45) is 0 Å². The number of aromatic nitrogens is 1. The third kappa shape index (κ3) is 3.90. The van der Waals surface area contributed by atoms with Crippen LogP contribution in [0.25, 0.3) is 0 Å². The molecule has 2 N–H and O–H groups in total. The number of hydrogen-bond donors (Lipinski definition) is 2. The Morgan fingerprint density at radius 2 is 1.87 bits per heavy atom. The molecule has 2 aromatic rings. The summed E-state index contributed by atoms with van der Waals surface area (Å²) in [6, 6.07) is 5.02. The summed E-state index contributed by atoms with van der Waals surface area (Å²) in [5.74, 6) is -0.471. The van der Waals surface area contributed by atoms with Crippen molar-refractivity contribution >= 4 is 17.5 Å². The Morgan fingerprint density at radius 3 is 2.39 bits per heavy atom. The lowest BCUT2D eigenvalue weighted by atomic mass is 10.1. The van der Waals surface area contributed by atoms with Crippen molar-refractivity contribution in [1.29, 1.82) is 0 Å². The first-order valence-corrected chi connectivity index (χ1v) is 6.64. The van der Waals surface area contributed by atoms with Crippen LogP contribution in [0.3, 0.4) is 0 Å². The lowest BCUT2D eigenvalue weighted by molar-refractivity contribution is -0.384. The van der Waals surface area contributed by atoms with Crippen molar-refractivity contribution in [3.8, 4) is 0 Å². The van der Waals surface area contributed by atoms with E-state index in [2.05, 4.69) is 16.0 Å². The molecule has 23 heavy (non-hydrogen) atoms. The van der Waals surface area contributed by atoms with Crippen LogP contribution in [0, 0.1) is 24.0 Å². The number of hydrazine groups is 1. The van der Waals surface area contributed by atoms with Crippen molar-refractivity contribution in [2.45, 2.75) is 20.3 Å². The standard InChI is InChI=1S/C14H14N4O5/c1-8-12(9(2)23-17-8)7-13(19)15-16-14(20)10-3-5-11(6-4-10)18(21)22/h3-6H,7H2,1-2H3,(H,15,19)(H,16,20). The summed E-state index contributed by atoms with van der Waals surface area (Å²) in [5.41, 5.74) is 5.85. The van der Waals surface area contributed by atoms with Gasteiger partial charge in [-0.1, -0.05) is 5.16 Å². The number of hydrogen-bond acceptors (Lipinski definition) is 6. The Morgan fingerprint density at radius 1 is 1.22 bits per heavy atom. The zero-order valence-electron chi connectivity index (χ0n) is 12.5. The van der Waals surface area contributed by atoms with E-state index in [9.17, 15) is 19.7 Å². The Bertz CT molecular complexity index is 732. The minimum atomic E-state index is -0.577. The zero-order valence-corrected chi connectivity index (χ0v) is 12.5. The molecule has 120 valence electrons. The molecule has 9 nitrogen and oxygen atoms in total. The van der Waals surface area contributed by atoms with Crippen LogP contribution in [0.4, 0.5) is 5.69 Å². The number of nitrogens with zero attached hydrogens (tertiary/aromatic N) is 2. The molecule has 0 bridgehead atoms. The number of nitro benzene ring substituents is 1. The monoisotopic (exact) mass is 318 g/mol. The van der Waals surface area contributed by atoms with Gasteiger partial charge in [0.1, 0.15) is 5.76 Å². The fourth-order valence-electron chi connectivity index (χ4n) is 1.89. The second-order valence-corrected chi connectivity index (χ2v) is 4.79. The van der Waals surface area contributed by atoms with E-state index in [1.54, 1.807) is 13.8 Å². The average Bonchev–Trinajstić information content (AvgIpc) is 2.84. The highest BCUT2D eigenvalue weighted by molar-refractivity contribution is 5.95. The number of nitro groups is 1. The average molecular weight is 318 g/mol. The van der Waals surface area contributed by atoms with Crippen molar-refractivity contribution in [2.75, 3.05) is 0 Å². The maximum absolute atomic E-state index is 11.8. The number of aryl methyl sites for hydroxylation is 2. The molecule has 0 radical (unpaired) electrons. The van der Waals surface area contributed by atoms with Crippen molar-refractivity contribution in [3.05, 3.63) is 57.0 Å². The fraction of sp³-hybridized carbons (Fsp3) is 0.214. The number of benzene rings is 1. The maximum Gasteiger partial charge on any atom is 0.269 e. The fourth-order valence-corrected chi connectivity index (χ4v) is 1.89. The minimum Gasteiger partial charge on any atom is -0.361 e. The van der Waals surface area contributed by atoms with Gasteiger partial charge in [-0.2, -0.15) is 0 Å². The van der Waals surface area contributed by atoms with Gasteiger partial charge in [0.2, 0.25) is 5.91 Å². The SMILES string of the molecule is Cc1noc(C)c1CC(=O)NNC(=O)c1ccc([N+](=O)[O-])cc1. The van der Waals surface area contributed by atoms with Gasteiger partial charge in [-0.05, 0) is 26.0 Å². The highest BCUT2D eigenvalue weighted by Crippen LogP contribution is 2.13. The number of amides is 2. The van der Waals surface area contributed by atoms with Gasteiger partial charge in [-0.15, -0.1) is 0 Å². The molecule has 0 unspecified atom stereocenters. The molecule has 0 saturated heterocycles. The van der Waals surface area contributed by atoms with E-state index >= 15 is 0 Å². The van der Waals surface area contributed by atoms with E-state index in [-0.39, 0.29) is 17.7 Å². The maximum atomic E-state index is 11.8. The van der Waals surface area contributed by atoms with E-state index in [4.69, 9.17) is 4.52 Å². The summed E-state index contributed by atoms with van der Waals surface area (Å²) in [5, 5.41) is 14.3. The zero-order chi connectivity index (χ0) is 17.0. The van der Waals surface area contributed by atoms with Gasteiger partial charge < -0.3 is 4.52 Å². The van der Waals surface area contributed by atoms with Gasteiger partial charge >= 0.3 is 0 Å². The Labute approximate surface area is 130 Å². The molecule has 0 fully saturated rings. The van der Waals surface area contributed by atoms with Crippen LogP contribution >= 0.6 is 0 Å². The second kappa shape index (κ2) is 6.69. The molecule has 9 heteroatoms. The van der Waals surface area contributed by atoms with Crippen LogP contribution in [0.15, 0.2) is 28.8 Å². The van der Waals surface area contributed by atoms with E-state index in [0.29, 0.717) is 17.0 Å². The molecule has 2 amide bonds. The van der Waals surface area contributed by atoms with Crippen LogP contribution in [-0.2, 0) is 11.2 Å². The first kappa shape index (κ1) is 16.1. The highest BCUT2D eigenvalue weighted by atomic mass is 16.6. The molecule has 0 aliphatic heterocycles. The summed E-state index contributed by atoms with van der Waals surface area (Å²) in [6.07, 6.45) is 0.0156. The van der Waals surface area contributed by atoms with Gasteiger partial charge in [0.15, 0.2) is 0 Å². The normalized spacial score (nSPS) is 10.2. The van der Waals surface area contributed by atoms with Crippen LogP contribution in [0.1, 0.15) is 27.4 Å². The molecular formula is C14H14N4O5. The predicted molar refractivity (Wildman–Crippen MR) is 78.4 cm³/mol. The molecule has 1 aromatic heterocycles. The summed E-state index contributed by atoms with van der Waals surface area (Å²) >= 11 is 0. The van der Waals surface area contributed by atoms with E-state index in [1.807, 2.05) is 0 Å². The van der Waals surface area contributed by atoms with Gasteiger partial charge in [0, 0.05) is 23.3 Å². The van der Waals surface area contributed by atoms with Crippen molar-refractivity contribution < 1.29 is 19.0 Å². The Balaban J connectivity index is 1.91. The summed E-state index contributed by atoms with van der Waals surface area (Å²) in [6.45, 7) is 3.41. The van der Waals surface area contributed by atoms with Crippen molar-refractivity contribution in [1.82, 2.24) is 16.0 Å². The molecule has 1 heterocycles. The highest BCUT2D eigenvalue weighted by Gasteiger charge is 2.14. The Hall–Kier alpha value is -3.23. The topological polar surface area (TPSA) is 127 Å². The summed E-state index contributed by atoms with van der Waals surface area (Å²) in [7, 11) is 0. The van der Waals surface area contributed by atoms with Gasteiger partial charge in [0.25, 0.3) is 11.6 Å². The largest absolute Gasteiger partial charge is 0.361 e. The second-order valence-electron chi connectivity index (χ2n) is 4.79. The molecule has 0 saturated carbocycles. The quantitative estimate of drug-likeness (QED) is 0.644. The lowest BCUT2D eigenvalue weighted by Crippen LogP contribution is -2.42. The molecule has 1 aromatic carbocycles. The number of carbonyl (C=O) groups is 2. The Kier molecular flexibility index (Phi) is 4.69. The van der Waals surface area contributed by atoms with E-state index in [0.717, 1.165) is 0 Å². The molecule has 0 spiro atoms. The number of carbonyl (C=O) groups excluding carboxylic acids is 2. The summed E-state index contributed by atoms with van der Waals surface area (Å²) in [4.78, 5) is 33.6. The molecular weight excluding hydrogens is 304 g/mol. The first-order chi connectivity index (χ1) is 10.9. The number of rotatable bonds is 4. The third-order valence-electron chi connectivity index (χ3n) is 3.17. The lowest BCUT2D eigenvalue weighted by Gasteiger charge is -2.07. The third-order valence-corrected chi connectivity index (χ3v) is 3.17. The predicted octanol–water partition coefficient (Wildman–Crippen LogP) is 1.20. The molecule has 0 aliphatic carbocycles. The number of nitrogens with one attached hydrogen (secondary N) is 2. The van der Waals surface area contributed by atoms with E-state index in [1.165, 1.54) is 24.3 Å². The molecule has 0 aliphatic rings. The van der Waals surface area contributed by atoms with Gasteiger partial charge in [-0.3, -0.25) is 30.6 Å². The van der Waals surface area contributed by atoms with Crippen molar-refractivity contribution in [3.63, 3.8) is 0 Å². The summed E-state index contributed by atoms with van der Waals surface area (Å²) < 4.78 is 4.95. The van der Waals surface area contributed by atoms with Crippen LogP contribution < -0.4 is 10.9 Å². The van der Waals surface area contributed by atoms with E-state index < -0.39 is 16.7 Å².